The van der Waals surface area contributed by atoms with Crippen molar-refractivity contribution >= 4 is 5.71 Å². The van der Waals surface area contributed by atoms with E-state index in [9.17, 15) is 5.11 Å². The molecule has 3 aromatic rings. The molecule has 1 fully saturated rings. The summed E-state index contributed by atoms with van der Waals surface area (Å²) < 4.78 is 2.35. The average molecular weight is 398 g/mol. The highest BCUT2D eigenvalue weighted by Crippen LogP contribution is 2.38. The molecule has 2 aliphatic heterocycles. The molecule has 1 saturated heterocycles. The Hall–Kier alpha value is -2.91. The number of aliphatic hydroxyl groups is 1. The van der Waals surface area contributed by atoms with Crippen LogP contribution in [0.2, 0.25) is 0 Å². The van der Waals surface area contributed by atoms with Crippen LogP contribution in [0.3, 0.4) is 0 Å². The van der Waals surface area contributed by atoms with Crippen LogP contribution >= 0.6 is 0 Å². The number of hydrazine groups is 1. The van der Waals surface area contributed by atoms with Gasteiger partial charge in [-0.25, -0.2) is 0 Å². The smallest absolute Gasteiger partial charge is 0.225 e. The molecule has 1 atom stereocenters. The van der Waals surface area contributed by atoms with Crippen LogP contribution in [0.1, 0.15) is 42.4 Å². The van der Waals surface area contributed by atoms with E-state index in [1.807, 2.05) is 6.07 Å². The molecule has 3 heteroatoms. The molecule has 0 radical (unpaired) electrons. The van der Waals surface area contributed by atoms with E-state index in [1.165, 1.54) is 34.4 Å². The highest BCUT2D eigenvalue weighted by molar-refractivity contribution is 5.98. The van der Waals surface area contributed by atoms with Crippen molar-refractivity contribution in [2.45, 2.75) is 38.3 Å². The largest absolute Gasteiger partial charge is 0.362 e. The van der Waals surface area contributed by atoms with E-state index >= 15 is 0 Å². The van der Waals surface area contributed by atoms with Crippen LogP contribution in [0.15, 0.2) is 78.9 Å². The Bertz CT molecular complexity index is 1050. The summed E-state index contributed by atoms with van der Waals surface area (Å²) in [5.41, 5.74) is 6.05. The number of hydrogen-bond donors (Lipinski definition) is 1. The molecule has 2 aliphatic rings. The second-order valence-corrected chi connectivity index (χ2v) is 8.56. The molecule has 2 heterocycles. The van der Waals surface area contributed by atoms with Crippen LogP contribution in [-0.4, -0.2) is 33.6 Å². The first-order valence-corrected chi connectivity index (χ1v) is 11.0. The lowest BCUT2D eigenvalue weighted by Crippen LogP contribution is -2.46. The number of benzene rings is 3. The van der Waals surface area contributed by atoms with E-state index < -0.39 is 5.72 Å². The van der Waals surface area contributed by atoms with Gasteiger partial charge in [-0.05, 0) is 43.0 Å². The Kier molecular flexibility index (Phi) is 4.92. The summed E-state index contributed by atoms with van der Waals surface area (Å²) in [7, 11) is 0. The van der Waals surface area contributed by atoms with E-state index in [0.29, 0.717) is 6.42 Å². The van der Waals surface area contributed by atoms with Crippen LogP contribution in [0.4, 0.5) is 0 Å². The van der Waals surface area contributed by atoms with E-state index in [0.717, 1.165) is 31.5 Å². The lowest BCUT2D eigenvalue weighted by Gasteiger charge is -2.30. The molecule has 152 valence electrons. The van der Waals surface area contributed by atoms with Crippen LogP contribution in [0.5, 0.6) is 0 Å². The summed E-state index contributed by atoms with van der Waals surface area (Å²) in [6.45, 7) is 3.96. The third-order valence-corrected chi connectivity index (χ3v) is 6.52. The summed E-state index contributed by atoms with van der Waals surface area (Å²) in [5, 5.41) is 14.2. The maximum Gasteiger partial charge on any atom is 0.225 e. The first-order valence-electron chi connectivity index (χ1n) is 11.0. The third kappa shape index (κ3) is 3.33. The van der Waals surface area contributed by atoms with Crippen LogP contribution < -0.4 is 0 Å². The number of hydrogen-bond acceptors (Lipinski definition) is 2. The molecule has 3 aromatic carbocycles. The topological polar surface area (TPSA) is 26.5 Å². The Morgan fingerprint density at radius 3 is 2.17 bits per heavy atom. The molecular formula is C27H29N2O+. The summed E-state index contributed by atoms with van der Waals surface area (Å²) in [4.78, 5) is 0. The van der Waals surface area contributed by atoms with Crippen molar-refractivity contribution in [2.75, 3.05) is 13.1 Å². The molecule has 0 bridgehead atoms. The van der Waals surface area contributed by atoms with Crippen molar-refractivity contribution in [3.8, 4) is 11.1 Å². The maximum atomic E-state index is 12.0. The number of fused-ring (bicyclic) bond motifs is 1. The minimum Gasteiger partial charge on any atom is -0.362 e. The lowest BCUT2D eigenvalue weighted by atomic mass is 9.92. The first kappa shape index (κ1) is 19.1. The van der Waals surface area contributed by atoms with Crippen molar-refractivity contribution in [3.63, 3.8) is 0 Å². The Labute approximate surface area is 178 Å². The van der Waals surface area contributed by atoms with Gasteiger partial charge in [-0.15, -0.1) is 9.69 Å². The molecule has 0 saturated carbocycles. The Morgan fingerprint density at radius 2 is 1.43 bits per heavy atom. The molecule has 0 amide bonds. The standard InChI is InChI=1S/C27H29N2O/c1-21-10-12-24(13-11-21)26-20-27(30,29-19-7-3-6-18-28(26)29)25-16-14-23(15-17-25)22-8-4-2-5-9-22/h2,4-5,8-17,30H,3,6-7,18-20H2,1H3/q+1/t27-/m0/s1. The highest BCUT2D eigenvalue weighted by Gasteiger charge is 2.52. The van der Waals surface area contributed by atoms with Gasteiger partial charge in [0.2, 0.25) is 11.4 Å². The molecule has 1 N–H and O–H groups in total. The van der Waals surface area contributed by atoms with Gasteiger partial charge in [-0.1, -0.05) is 72.3 Å². The number of nitrogens with zero attached hydrogens (tertiary/aromatic N) is 2. The van der Waals surface area contributed by atoms with Gasteiger partial charge in [0.15, 0.2) is 6.54 Å². The fourth-order valence-corrected chi connectivity index (χ4v) is 4.83. The second kappa shape index (κ2) is 7.73. The predicted molar refractivity (Wildman–Crippen MR) is 121 cm³/mol. The highest BCUT2D eigenvalue weighted by atomic mass is 16.3. The molecule has 0 spiro atoms. The minimum atomic E-state index is -1.00. The summed E-state index contributed by atoms with van der Waals surface area (Å²) in [6, 6.07) is 27.6. The fourth-order valence-electron chi connectivity index (χ4n) is 4.83. The van der Waals surface area contributed by atoms with Crippen molar-refractivity contribution in [1.29, 1.82) is 0 Å². The van der Waals surface area contributed by atoms with Crippen molar-refractivity contribution in [3.05, 3.63) is 95.6 Å². The van der Waals surface area contributed by atoms with Crippen LogP contribution in [0, 0.1) is 6.92 Å². The van der Waals surface area contributed by atoms with Crippen molar-refractivity contribution < 1.29 is 9.79 Å². The van der Waals surface area contributed by atoms with Gasteiger partial charge in [-0.3, -0.25) is 0 Å². The molecule has 30 heavy (non-hydrogen) atoms. The fraction of sp³-hybridized carbons (Fsp3) is 0.296. The van der Waals surface area contributed by atoms with Gasteiger partial charge in [0.05, 0.1) is 13.0 Å². The summed E-state index contributed by atoms with van der Waals surface area (Å²) in [5.74, 6) is 0. The van der Waals surface area contributed by atoms with Gasteiger partial charge >= 0.3 is 0 Å². The maximum absolute atomic E-state index is 12.0. The van der Waals surface area contributed by atoms with Gasteiger partial charge in [0, 0.05) is 17.5 Å². The molecule has 5 rings (SSSR count). The third-order valence-electron chi connectivity index (χ3n) is 6.52. The minimum absolute atomic E-state index is 0.612. The zero-order valence-corrected chi connectivity index (χ0v) is 17.6. The SMILES string of the molecule is Cc1ccc(C2=[N+]3CCCCCN3[C@@](O)(c3ccc(-c4ccccc4)cc3)C2)cc1. The Morgan fingerprint density at radius 1 is 0.767 bits per heavy atom. The van der Waals surface area contributed by atoms with Crippen molar-refractivity contribution in [2.24, 2.45) is 0 Å². The zero-order chi connectivity index (χ0) is 20.6. The number of rotatable bonds is 3. The van der Waals surface area contributed by atoms with Gasteiger partial charge in [0.1, 0.15) is 0 Å². The van der Waals surface area contributed by atoms with E-state index in [4.69, 9.17) is 0 Å². The molecular weight excluding hydrogens is 368 g/mol. The monoisotopic (exact) mass is 397 g/mol. The molecule has 0 aromatic heterocycles. The summed E-state index contributed by atoms with van der Waals surface area (Å²) >= 11 is 0. The summed E-state index contributed by atoms with van der Waals surface area (Å²) in [6.07, 6.45) is 4.09. The molecule has 3 nitrogen and oxygen atoms in total. The zero-order valence-electron chi connectivity index (χ0n) is 17.6. The van der Waals surface area contributed by atoms with Crippen LogP contribution in [-0.2, 0) is 5.72 Å². The van der Waals surface area contributed by atoms with E-state index in [2.05, 4.69) is 89.4 Å². The van der Waals surface area contributed by atoms with Gasteiger partial charge < -0.3 is 5.11 Å². The molecule has 0 unspecified atom stereocenters. The number of aryl methyl sites for hydroxylation is 1. The molecule has 0 aliphatic carbocycles. The lowest BCUT2D eigenvalue weighted by molar-refractivity contribution is -0.706. The average Bonchev–Trinajstić information content (AvgIpc) is 2.94. The van der Waals surface area contributed by atoms with Gasteiger partial charge in [-0.2, -0.15) is 0 Å². The quantitative estimate of drug-likeness (QED) is 0.622. The van der Waals surface area contributed by atoms with Crippen LogP contribution in [0.25, 0.3) is 11.1 Å². The van der Waals surface area contributed by atoms with E-state index in [-0.39, 0.29) is 0 Å². The van der Waals surface area contributed by atoms with E-state index in [1.54, 1.807) is 0 Å². The van der Waals surface area contributed by atoms with Gasteiger partial charge in [0.25, 0.3) is 0 Å². The number of hydrazone groups is 1. The second-order valence-electron chi connectivity index (χ2n) is 8.56. The normalized spacial score (nSPS) is 21.5. The predicted octanol–water partition coefficient (Wildman–Crippen LogP) is 5.11. The Balaban J connectivity index is 1.52. The van der Waals surface area contributed by atoms with Crippen molar-refractivity contribution in [1.82, 2.24) is 5.01 Å². The first-order chi connectivity index (χ1) is 14.6.